The van der Waals surface area contributed by atoms with E-state index in [9.17, 15) is 19.5 Å². The molecule has 4 aromatic rings. The van der Waals surface area contributed by atoms with E-state index in [0.29, 0.717) is 12.1 Å². The van der Waals surface area contributed by atoms with Crippen LogP contribution in [0.3, 0.4) is 0 Å². The molecule has 0 aliphatic heterocycles. The highest BCUT2D eigenvalue weighted by molar-refractivity contribution is 5.77. The number of nitrogens with zero attached hydrogens (tertiary/aromatic N) is 5. The van der Waals surface area contributed by atoms with Crippen molar-refractivity contribution in [2.45, 2.75) is 32.6 Å². The summed E-state index contributed by atoms with van der Waals surface area (Å²) >= 11 is 0. The molecule has 0 unspecified atom stereocenters. The quantitative estimate of drug-likeness (QED) is 0.503. The van der Waals surface area contributed by atoms with Gasteiger partial charge < -0.3 is 5.11 Å². The lowest BCUT2D eigenvalue weighted by molar-refractivity contribution is 0.434. The molecule has 0 atom stereocenters. The second-order valence-electron chi connectivity index (χ2n) is 7.36. The number of hydrogen-bond donors (Lipinski definition) is 1. The average molecular weight is 409 g/mol. The van der Waals surface area contributed by atoms with Gasteiger partial charge in [-0.1, -0.05) is 38.0 Å². The summed E-state index contributed by atoms with van der Waals surface area (Å²) in [6, 6.07) is 8.92. The minimum atomic E-state index is -0.589. The van der Waals surface area contributed by atoms with Crippen LogP contribution in [0.15, 0.2) is 44.7 Å². The number of para-hydroxylation sites is 1. The predicted molar refractivity (Wildman–Crippen MR) is 114 cm³/mol. The normalized spacial score (nSPS) is 11.6. The Bertz CT molecular complexity index is 1440. The van der Waals surface area contributed by atoms with E-state index in [2.05, 4.69) is 11.9 Å². The van der Waals surface area contributed by atoms with Crippen molar-refractivity contribution in [2.24, 2.45) is 14.1 Å². The van der Waals surface area contributed by atoms with Crippen LogP contribution in [-0.4, -0.2) is 28.2 Å². The Hall–Kier alpha value is -3.62. The van der Waals surface area contributed by atoms with Gasteiger partial charge in [-0.05, 0) is 25.0 Å². The molecule has 156 valence electrons. The number of aryl methyl sites for hydroxylation is 1. The Labute approximate surface area is 171 Å². The van der Waals surface area contributed by atoms with Crippen LogP contribution in [0.25, 0.3) is 22.6 Å². The molecule has 0 fully saturated rings. The van der Waals surface area contributed by atoms with Crippen LogP contribution in [-0.2, 0) is 20.5 Å². The van der Waals surface area contributed by atoms with Crippen LogP contribution in [0.5, 0.6) is 5.88 Å². The first-order valence-electron chi connectivity index (χ1n) is 9.89. The topological polar surface area (TPSA) is 104 Å². The Morgan fingerprint density at radius 3 is 2.33 bits per heavy atom. The van der Waals surface area contributed by atoms with Crippen LogP contribution in [0.4, 0.5) is 0 Å². The molecule has 0 amide bonds. The summed E-state index contributed by atoms with van der Waals surface area (Å²) in [4.78, 5) is 43.1. The molecule has 0 saturated heterocycles. The standard InChI is InChI=1S/C21H23N5O4/c1-4-5-7-12-14-17(27)25(13-10-8-6-9-11-13)20-22-16-15(26(20)18(14)28)19(29)24(3)21(30)23(16)2/h6,8-11,28H,4-5,7,12H2,1-3H3. The predicted octanol–water partition coefficient (Wildman–Crippen LogP) is 1.47. The Morgan fingerprint density at radius 2 is 1.67 bits per heavy atom. The molecule has 0 bridgehead atoms. The van der Waals surface area contributed by atoms with Gasteiger partial charge in [-0.2, -0.15) is 4.98 Å². The molecule has 1 N–H and O–H groups in total. The van der Waals surface area contributed by atoms with Gasteiger partial charge in [-0.3, -0.25) is 18.7 Å². The highest BCUT2D eigenvalue weighted by atomic mass is 16.3. The van der Waals surface area contributed by atoms with Crippen molar-refractivity contribution < 1.29 is 5.11 Å². The van der Waals surface area contributed by atoms with Gasteiger partial charge in [0, 0.05) is 14.1 Å². The Morgan fingerprint density at radius 1 is 0.967 bits per heavy atom. The molecule has 0 aliphatic carbocycles. The van der Waals surface area contributed by atoms with Crippen molar-refractivity contribution in [2.75, 3.05) is 0 Å². The molecule has 9 heteroatoms. The van der Waals surface area contributed by atoms with Gasteiger partial charge in [-0.25, -0.2) is 13.8 Å². The minimum absolute atomic E-state index is 0.0496. The number of benzene rings is 1. The molecule has 3 aromatic heterocycles. The molecule has 1 aromatic carbocycles. The molecule has 4 rings (SSSR count). The van der Waals surface area contributed by atoms with Crippen LogP contribution in [0.1, 0.15) is 31.7 Å². The van der Waals surface area contributed by atoms with Crippen molar-refractivity contribution in [3.63, 3.8) is 0 Å². The molecule has 0 spiro atoms. The van der Waals surface area contributed by atoms with Gasteiger partial charge in [0.25, 0.3) is 11.1 Å². The van der Waals surface area contributed by atoms with Crippen LogP contribution >= 0.6 is 0 Å². The van der Waals surface area contributed by atoms with Crippen molar-refractivity contribution in [3.8, 4) is 11.6 Å². The second kappa shape index (κ2) is 7.33. The van der Waals surface area contributed by atoms with Crippen molar-refractivity contribution in [3.05, 3.63) is 67.1 Å². The number of fused-ring (bicyclic) bond motifs is 3. The third kappa shape index (κ3) is 2.77. The summed E-state index contributed by atoms with van der Waals surface area (Å²) in [6.07, 6.45) is 2.96. The number of rotatable bonds is 5. The first kappa shape index (κ1) is 19.7. The first-order chi connectivity index (χ1) is 14.4. The zero-order valence-corrected chi connectivity index (χ0v) is 17.1. The highest BCUT2D eigenvalue weighted by Crippen LogP contribution is 2.24. The average Bonchev–Trinajstić information content (AvgIpc) is 3.14. The van der Waals surface area contributed by atoms with Gasteiger partial charge in [0.05, 0.1) is 11.3 Å². The molecule has 3 heterocycles. The summed E-state index contributed by atoms with van der Waals surface area (Å²) in [7, 11) is 2.87. The number of aromatic nitrogens is 5. The summed E-state index contributed by atoms with van der Waals surface area (Å²) in [5.74, 6) is -0.229. The van der Waals surface area contributed by atoms with E-state index in [0.717, 1.165) is 23.8 Å². The summed E-state index contributed by atoms with van der Waals surface area (Å²) < 4.78 is 4.86. The molecular weight excluding hydrogens is 386 g/mol. The second-order valence-corrected chi connectivity index (χ2v) is 7.36. The van der Waals surface area contributed by atoms with Crippen molar-refractivity contribution in [1.29, 1.82) is 0 Å². The zero-order chi connectivity index (χ0) is 21.6. The van der Waals surface area contributed by atoms with Gasteiger partial charge in [-0.15, -0.1) is 0 Å². The fourth-order valence-electron chi connectivity index (χ4n) is 3.77. The monoisotopic (exact) mass is 409 g/mol. The van der Waals surface area contributed by atoms with E-state index >= 15 is 0 Å². The number of hydrogen-bond acceptors (Lipinski definition) is 5. The van der Waals surface area contributed by atoms with E-state index in [-0.39, 0.29) is 33.9 Å². The minimum Gasteiger partial charge on any atom is -0.494 e. The summed E-state index contributed by atoms with van der Waals surface area (Å²) in [5.41, 5.74) is -0.585. The molecule has 9 nitrogen and oxygen atoms in total. The van der Waals surface area contributed by atoms with E-state index < -0.39 is 11.2 Å². The van der Waals surface area contributed by atoms with E-state index in [1.807, 2.05) is 6.07 Å². The largest absolute Gasteiger partial charge is 0.494 e. The Kier molecular flexibility index (Phi) is 4.81. The Balaban J connectivity index is 2.23. The van der Waals surface area contributed by atoms with Gasteiger partial charge in [0.15, 0.2) is 11.2 Å². The van der Waals surface area contributed by atoms with Crippen LogP contribution in [0.2, 0.25) is 0 Å². The third-order valence-corrected chi connectivity index (χ3v) is 5.43. The summed E-state index contributed by atoms with van der Waals surface area (Å²) in [5, 5.41) is 11.0. The van der Waals surface area contributed by atoms with Gasteiger partial charge in [0.2, 0.25) is 11.7 Å². The maximum atomic E-state index is 13.4. The zero-order valence-electron chi connectivity index (χ0n) is 17.1. The van der Waals surface area contributed by atoms with Crippen LogP contribution in [0, 0.1) is 0 Å². The molecule has 0 saturated carbocycles. The smallest absolute Gasteiger partial charge is 0.332 e. The maximum Gasteiger partial charge on any atom is 0.332 e. The van der Waals surface area contributed by atoms with Gasteiger partial charge in [0.1, 0.15) is 0 Å². The highest BCUT2D eigenvalue weighted by Gasteiger charge is 2.24. The number of unbranched alkanes of at least 4 members (excludes halogenated alkanes) is 2. The lowest BCUT2D eigenvalue weighted by atomic mass is 10.1. The molecular formula is C21H23N5O4. The van der Waals surface area contributed by atoms with E-state index in [1.54, 1.807) is 24.3 Å². The third-order valence-electron chi connectivity index (χ3n) is 5.43. The van der Waals surface area contributed by atoms with Crippen molar-refractivity contribution >= 4 is 16.9 Å². The van der Waals surface area contributed by atoms with E-state index in [1.165, 1.54) is 27.6 Å². The summed E-state index contributed by atoms with van der Waals surface area (Å²) in [6.45, 7) is 2.05. The van der Waals surface area contributed by atoms with Crippen LogP contribution < -0.4 is 16.8 Å². The molecule has 0 radical (unpaired) electrons. The maximum absolute atomic E-state index is 13.4. The number of aromatic hydroxyl groups is 1. The van der Waals surface area contributed by atoms with E-state index in [4.69, 9.17) is 0 Å². The fourth-order valence-corrected chi connectivity index (χ4v) is 3.77. The lowest BCUT2D eigenvalue weighted by Gasteiger charge is -2.13. The lowest BCUT2D eigenvalue weighted by Crippen LogP contribution is -2.37. The molecule has 0 aliphatic rings. The first-order valence-corrected chi connectivity index (χ1v) is 9.89. The van der Waals surface area contributed by atoms with Gasteiger partial charge >= 0.3 is 5.69 Å². The molecule has 30 heavy (non-hydrogen) atoms. The fraction of sp³-hybridized carbons (Fsp3) is 0.333. The van der Waals surface area contributed by atoms with Crippen molar-refractivity contribution in [1.82, 2.24) is 23.1 Å². The number of imidazole rings is 1. The SMILES string of the molecule is CCCCCc1c(O)n2c3c(=O)n(C)c(=O)n(C)c3nc2n(-c2ccccc2)c1=O.